The van der Waals surface area contributed by atoms with Crippen LogP contribution in [0.3, 0.4) is 0 Å². The van der Waals surface area contributed by atoms with Crippen molar-refractivity contribution in [3.63, 3.8) is 0 Å². The molecule has 0 bridgehead atoms. The summed E-state index contributed by atoms with van der Waals surface area (Å²) in [7, 11) is 1.16. The molecular weight excluding hydrogens is 665 g/mol. The van der Waals surface area contributed by atoms with Crippen LogP contribution in [0.2, 0.25) is 0 Å². The molecule has 0 aliphatic carbocycles. The van der Waals surface area contributed by atoms with Crippen LogP contribution in [-0.2, 0) is 32.7 Å². The van der Waals surface area contributed by atoms with Crippen LogP contribution in [0.4, 0.5) is 0 Å². The van der Waals surface area contributed by atoms with Crippen molar-refractivity contribution in [3.05, 3.63) is 24.3 Å². The van der Waals surface area contributed by atoms with Gasteiger partial charge in [0.1, 0.15) is 19.8 Å². The zero-order valence-electron chi connectivity index (χ0n) is 33.6. The Hall–Kier alpha value is -1.51. The number of phosphoric acid groups is 1. The fourth-order valence-corrected chi connectivity index (χ4v) is 6.12. The summed E-state index contributed by atoms with van der Waals surface area (Å²) in [5, 5.41) is 0. The average Bonchev–Trinajstić information content (AvgIpc) is 3.07. The molecule has 1 unspecified atom stereocenters. The Morgan fingerprint density at radius 2 is 1.02 bits per heavy atom. The van der Waals surface area contributed by atoms with E-state index in [1.165, 1.54) is 64.2 Å². The van der Waals surface area contributed by atoms with Gasteiger partial charge in [-0.3, -0.25) is 14.2 Å². The Morgan fingerprint density at radius 3 is 1.51 bits per heavy atom. The highest BCUT2D eigenvalue weighted by atomic mass is 31.2. The molecule has 0 radical (unpaired) electrons. The average molecular weight is 744 g/mol. The van der Waals surface area contributed by atoms with Gasteiger partial charge in [0.15, 0.2) is 6.10 Å². The Kier molecular flexibility index (Phi) is 33.3. The van der Waals surface area contributed by atoms with Crippen molar-refractivity contribution in [3.8, 4) is 0 Å². The van der Waals surface area contributed by atoms with E-state index in [0.29, 0.717) is 17.4 Å². The molecule has 0 heterocycles. The van der Waals surface area contributed by atoms with Gasteiger partial charge in [0, 0.05) is 12.8 Å². The zero-order chi connectivity index (χ0) is 37.9. The van der Waals surface area contributed by atoms with Crippen molar-refractivity contribution in [2.24, 2.45) is 0 Å². The molecular formula is C41H78NO8P. The minimum atomic E-state index is -4.62. The normalized spacial score (nSPS) is 13.9. The number of rotatable bonds is 37. The maximum Gasteiger partial charge on any atom is 0.306 e. The number of hydrogen-bond donors (Lipinski definition) is 0. The van der Waals surface area contributed by atoms with Crippen molar-refractivity contribution in [1.29, 1.82) is 0 Å². The number of quaternary nitrogens is 1. The molecule has 9 nitrogen and oxygen atoms in total. The minimum absolute atomic E-state index is 0.0328. The first-order valence-corrected chi connectivity index (χ1v) is 22.0. The summed E-state index contributed by atoms with van der Waals surface area (Å²) >= 11 is 0. The molecule has 10 heteroatoms. The van der Waals surface area contributed by atoms with Gasteiger partial charge in [0.25, 0.3) is 7.82 Å². The third-order valence-corrected chi connectivity index (χ3v) is 9.66. The molecule has 51 heavy (non-hydrogen) atoms. The predicted molar refractivity (Wildman–Crippen MR) is 208 cm³/mol. The molecule has 0 saturated carbocycles. The fraction of sp³-hybridized carbons (Fsp3) is 0.854. The number of phosphoric ester groups is 1. The van der Waals surface area contributed by atoms with Crippen molar-refractivity contribution < 1.29 is 42.1 Å². The zero-order valence-corrected chi connectivity index (χ0v) is 34.4. The maximum atomic E-state index is 12.6. The van der Waals surface area contributed by atoms with Crippen molar-refractivity contribution in [2.75, 3.05) is 47.5 Å². The van der Waals surface area contributed by atoms with Crippen LogP contribution in [0.15, 0.2) is 24.3 Å². The lowest BCUT2D eigenvalue weighted by Crippen LogP contribution is -2.37. The summed E-state index contributed by atoms with van der Waals surface area (Å²) in [4.78, 5) is 37.4. The van der Waals surface area contributed by atoms with Gasteiger partial charge in [-0.25, -0.2) is 0 Å². The van der Waals surface area contributed by atoms with Crippen LogP contribution in [0.5, 0.6) is 0 Å². The molecule has 2 atom stereocenters. The minimum Gasteiger partial charge on any atom is -0.756 e. The molecule has 0 aliphatic rings. The van der Waals surface area contributed by atoms with Gasteiger partial charge in [-0.2, -0.15) is 0 Å². The molecule has 0 spiro atoms. The SMILES string of the molecule is CCCC/C=C\CCCCCCCC(=O)OC[C@H](COP(=O)([O-])OCC[N+](C)(C)C)OC(=O)CCCCCCC/C=C\CCCCCCCCC. The molecule has 0 aromatic heterocycles. The molecule has 0 aliphatic heterocycles. The van der Waals surface area contributed by atoms with E-state index in [9.17, 15) is 19.0 Å². The lowest BCUT2D eigenvalue weighted by molar-refractivity contribution is -0.870. The number of esters is 2. The quantitative estimate of drug-likeness (QED) is 0.0203. The largest absolute Gasteiger partial charge is 0.756 e. The van der Waals surface area contributed by atoms with E-state index in [1.807, 2.05) is 21.1 Å². The van der Waals surface area contributed by atoms with Crippen LogP contribution >= 0.6 is 7.82 Å². The number of carbonyl (C=O) groups excluding carboxylic acids is 2. The van der Waals surface area contributed by atoms with E-state index >= 15 is 0 Å². The first-order chi connectivity index (χ1) is 24.5. The number of carbonyl (C=O) groups is 2. The first kappa shape index (κ1) is 49.5. The summed E-state index contributed by atoms with van der Waals surface area (Å²) in [5.74, 6) is -0.855. The van der Waals surface area contributed by atoms with Crippen molar-refractivity contribution in [1.82, 2.24) is 0 Å². The second-order valence-electron chi connectivity index (χ2n) is 15.0. The highest BCUT2D eigenvalue weighted by molar-refractivity contribution is 7.45. The summed E-state index contributed by atoms with van der Waals surface area (Å²) in [5.41, 5.74) is 0. The number of unbranched alkanes of at least 4 members (excludes halogenated alkanes) is 19. The summed E-state index contributed by atoms with van der Waals surface area (Å²) in [6.07, 6.45) is 34.9. The molecule has 0 aromatic carbocycles. The van der Waals surface area contributed by atoms with E-state index in [4.69, 9.17) is 18.5 Å². The topological polar surface area (TPSA) is 111 Å². The highest BCUT2D eigenvalue weighted by Gasteiger charge is 2.21. The van der Waals surface area contributed by atoms with E-state index in [1.54, 1.807) is 0 Å². The maximum absolute atomic E-state index is 12.6. The van der Waals surface area contributed by atoms with Crippen LogP contribution < -0.4 is 4.89 Å². The third kappa shape index (κ3) is 38.0. The van der Waals surface area contributed by atoms with Gasteiger partial charge in [-0.05, 0) is 57.8 Å². The highest BCUT2D eigenvalue weighted by Crippen LogP contribution is 2.38. The number of hydrogen-bond acceptors (Lipinski definition) is 8. The van der Waals surface area contributed by atoms with Gasteiger partial charge in [0.05, 0.1) is 27.7 Å². The second kappa shape index (κ2) is 34.3. The molecule has 0 N–H and O–H groups in total. The molecule has 300 valence electrons. The summed E-state index contributed by atoms with van der Waals surface area (Å²) in [6, 6.07) is 0. The van der Waals surface area contributed by atoms with E-state index < -0.39 is 32.5 Å². The smallest absolute Gasteiger partial charge is 0.306 e. The number of likely N-dealkylation sites (N-methyl/N-ethyl adjacent to an activating group) is 1. The number of allylic oxidation sites excluding steroid dienone is 4. The lowest BCUT2D eigenvalue weighted by atomic mass is 10.1. The molecule has 0 fully saturated rings. The summed E-state index contributed by atoms with van der Waals surface area (Å²) < 4.78 is 33.8. The van der Waals surface area contributed by atoms with Gasteiger partial charge >= 0.3 is 11.9 Å². The van der Waals surface area contributed by atoms with Crippen LogP contribution in [0.1, 0.15) is 174 Å². The van der Waals surface area contributed by atoms with Crippen molar-refractivity contribution in [2.45, 2.75) is 180 Å². The molecule has 0 rings (SSSR count). The van der Waals surface area contributed by atoms with E-state index in [2.05, 4.69) is 38.2 Å². The monoisotopic (exact) mass is 744 g/mol. The van der Waals surface area contributed by atoms with Crippen LogP contribution in [0.25, 0.3) is 0 Å². The Balaban J connectivity index is 4.41. The van der Waals surface area contributed by atoms with E-state index in [0.717, 1.165) is 77.0 Å². The van der Waals surface area contributed by atoms with Gasteiger partial charge in [-0.1, -0.05) is 128 Å². The molecule has 0 saturated heterocycles. The van der Waals surface area contributed by atoms with Crippen LogP contribution in [-0.4, -0.2) is 70.0 Å². The lowest BCUT2D eigenvalue weighted by Gasteiger charge is -2.28. The predicted octanol–water partition coefficient (Wildman–Crippen LogP) is 10.6. The van der Waals surface area contributed by atoms with E-state index in [-0.39, 0.29) is 26.1 Å². The fourth-order valence-electron chi connectivity index (χ4n) is 5.39. The number of ether oxygens (including phenoxy) is 2. The van der Waals surface area contributed by atoms with Gasteiger partial charge in [-0.15, -0.1) is 0 Å². The Bertz CT molecular complexity index is 933. The van der Waals surface area contributed by atoms with Crippen molar-refractivity contribution >= 4 is 19.8 Å². The molecule has 0 aromatic rings. The number of nitrogens with zero attached hydrogens (tertiary/aromatic N) is 1. The standard InChI is InChI=1S/C41H78NO8P/c1-6-8-10-12-14-16-18-19-20-21-22-24-26-28-30-32-34-41(44)50-39(38-49-51(45,46)48-36-35-42(3,4)5)37-47-40(43)33-31-29-27-25-23-17-15-13-11-9-7-2/h13,15,20-21,39H,6-12,14,16-19,22-38H2,1-5H3/b15-13-,21-20-/t39-/m1/s1. The Morgan fingerprint density at radius 1 is 0.588 bits per heavy atom. The third-order valence-electron chi connectivity index (χ3n) is 8.69. The summed E-state index contributed by atoms with van der Waals surface area (Å²) in [6.45, 7) is 4.16. The van der Waals surface area contributed by atoms with Crippen LogP contribution in [0, 0.1) is 0 Å². The first-order valence-electron chi connectivity index (χ1n) is 20.5. The van der Waals surface area contributed by atoms with Gasteiger partial charge in [0.2, 0.25) is 0 Å². The molecule has 0 amide bonds. The second-order valence-corrected chi connectivity index (χ2v) is 16.4. The van der Waals surface area contributed by atoms with Gasteiger partial charge < -0.3 is 27.9 Å². The Labute approximate surface area is 313 Å².